The van der Waals surface area contributed by atoms with E-state index in [0.717, 1.165) is 43.2 Å². The van der Waals surface area contributed by atoms with E-state index in [1.165, 1.54) is 0 Å². The molecule has 2 aromatic rings. The zero-order chi connectivity index (χ0) is 17.8. The van der Waals surface area contributed by atoms with Crippen molar-refractivity contribution in [1.82, 2.24) is 10.3 Å². The van der Waals surface area contributed by atoms with E-state index in [0.29, 0.717) is 0 Å². The molecule has 132 valence electrons. The van der Waals surface area contributed by atoms with Crippen molar-refractivity contribution in [2.45, 2.75) is 19.9 Å². The van der Waals surface area contributed by atoms with Gasteiger partial charge in [0.15, 0.2) is 0 Å². The van der Waals surface area contributed by atoms with Crippen LogP contribution in [0.25, 0.3) is 0 Å². The van der Waals surface area contributed by atoms with Crippen LogP contribution in [0.1, 0.15) is 34.6 Å². The maximum absolute atomic E-state index is 12.3. The van der Waals surface area contributed by atoms with Crippen LogP contribution in [0.15, 0.2) is 41.2 Å². The molecule has 6 nitrogen and oxygen atoms in total. The molecule has 1 aliphatic rings. The van der Waals surface area contributed by atoms with Gasteiger partial charge in [-0.15, -0.1) is 0 Å². The minimum Gasteiger partial charge on any atom is -0.378 e. The first-order chi connectivity index (χ1) is 12.0. The summed E-state index contributed by atoms with van der Waals surface area (Å²) in [6.45, 7) is 6.97. The fourth-order valence-corrected chi connectivity index (χ4v) is 2.90. The number of nitrogens with zero attached hydrogens (tertiary/aromatic N) is 1. The Hall–Kier alpha value is -2.60. The molecule has 0 aliphatic carbocycles. The largest absolute Gasteiger partial charge is 0.378 e. The molecule has 0 bridgehead atoms. The highest BCUT2D eigenvalue weighted by Gasteiger charge is 2.15. The number of nitrogens with one attached hydrogen (secondary N) is 2. The van der Waals surface area contributed by atoms with E-state index in [1.54, 1.807) is 19.1 Å². The molecule has 2 heterocycles. The Labute approximate surface area is 146 Å². The van der Waals surface area contributed by atoms with Gasteiger partial charge >= 0.3 is 0 Å². The van der Waals surface area contributed by atoms with Gasteiger partial charge in [0.2, 0.25) is 0 Å². The number of aromatic nitrogens is 1. The molecule has 1 aromatic heterocycles. The molecule has 25 heavy (non-hydrogen) atoms. The number of amides is 1. The predicted molar refractivity (Wildman–Crippen MR) is 97.2 cm³/mol. The van der Waals surface area contributed by atoms with Crippen molar-refractivity contribution in [3.05, 3.63) is 63.6 Å². The normalized spacial score (nSPS) is 15.7. The quantitative estimate of drug-likeness (QED) is 0.892. The van der Waals surface area contributed by atoms with Crippen LogP contribution in [0.2, 0.25) is 0 Å². The number of hydrogen-bond acceptors (Lipinski definition) is 4. The van der Waals surface area contributed by atoms with Crippen molar-refractivity contribution in [3.8, 4) is 0 Å². The van der Waals surface area contributed by atoms with Crippen LogP contribution < -0.4 is 15.8 Å². The highest BCUT2D eigenvalue weighted by atomic mass is 16.5. The van der Waals surface area contributed by atoms with Gasteiger partial charge in [0.1, 0.15) is 5.56 Å². The van der Waals surface area contributed by atoms with E-state index >= 15 is 0 Å². The third-order valence-electron chi connectivity index (χ3n) is 4.42. The van der Waals surface area contributed by atoms with Crippen molar-refractivity contribution < 1.29 is 9.53 Å². The molecule has 2 N–H and O–H groups in total. The number of morpholine rings is 1. The first kappa shape index (κ1) is 17.2. The monoisotopic (exact) mass is 341 g/mol. The number of rotatable bonds is 4. The minimum absolute atomic E-state index is 0.127. The number of aryl methyl sites for hydroxylation is 1. The number of carbonyl (C=O) groups is 1. The van der Waals surface area contributed by atoms with Gasteiger partial charge in [-0.05, 0) is 43.7 Å². The molecular formula is C19H23N3O3. The van der Waals surface area contributed by atoms with E-state index in [9.17, 15) is 9.59 Å². The molecule has 1 atom stereocenters. The Kier molecular flexibility index (Phi) is 5.19. The van der Waals surface area contributed by atoms with Gasteiger partial charge in [0.25, 0.3) is 11.5 Å². The summed E-state index contributed by atoms with van der Waals surface area (Å²) in [5, 5.41) is 2.88. The second-order valence-corrected chi connectivity index (χ2v) is 6.27. The lowest BCUT2D eigenvalue weighted by atomic mass is 10.1. The Morgan fingerprint density at radius 1 is 1.16 bits per heavy atom. The number of H-pyrrole nitrogens is 1. The molecule has 0 saturated carbocycles. The van der Waals surface area contributed by atoms with Gasteiger partial charge in [-0.1, -0.05) is 12.1 Å². The summed E-state index contributed by atoms with van der Waals surface area (Å²) < 4.78 is 5.37. The van der Waals surface area contributed by atoms with E-state index in [4.69, 9.17) is 4.74 Å². The molecular weight excluding hydrogens is 318 g/mol. The predicted octanol–water partition coefficient (Wildman–Crippen LogP) is 2.01. The van der Waals surface area contributed by atoms with Crippen LogP contribution in [-0.4, -0.2) is 37.2 Å². The number of aromatic amines is 1. The summed E-state index contributed by atoms with van der Waals surface area (Å²) in [6, 6.07) is 11.2. The number of benzene rings is 1. The average molecular weight is 341 g/mol. The first-order valence-electron chi connectivity index (χ1n) is 8.48. The van der Waals surface area contributed by atoms with E-state index in [2.05, 4.69) is 27.3 Å². The summed E-state index contributed by atoms with van der Waals surface area (Å²) >= 11 is 0. The SMILES string of the molecule is Cc1ccc(C(=O)N[C@H](C)c2ccc(N3CCOCC3)cc2)c(=O)[nH]1. The third-order valence-corrected chi connectivity index (χ3v) is 4.42. The number of hydrogen-bond donors (Lipinski definition) is 2. The van der Waals surface area contributed by atoms with E-state index in [-0.39, 0.29) is 23.1 Å². The van der Waals surface area contributed by atoms with Crippen LogP contribution in [0.3, 0.4) is 0 Å². The summed E-state index contributed by atoms with van der Waals surface area (Å²) in [5.41, 5.74) is 2.64. The summed E-state index contributed by atoms with van der Waals surface area (Å²) in [5.74, 6) is -0.369. The number of anilines is 1. The van der Waals surface area contributed by atoms with Gasteiger partial charge in [0, 0.05) is 24.5 Å². The van der Waals surface area contributed by atoms with Gasteiger partial charge < -0.3 is 19.9 Å². The molecule has 1 fully saturated rings. The summed E-state index contributed by atoms with van der Waals surface area (Å²) in [7, 11) is 0. The zero-order valence-corrected chi connectivity index (χ0v) is 14.5. The average Bonchev–Trinajstić information content (AvgIpc) is 2.62. The van der Waals surface area contributed by atoms with Crippen molar-refractivity contribution >= 4 is 11.6 Å². The Morgan fingerprint density at radius 3 is 2.48 bits per heavy atom. The standard InChI is InChI=1S/C19H23N3O3/c1-13-3-8-17(18(23)20-13)19(24)21-14(2)15-4-6-16(7-5-15)22-9-11-25-12-10-22/h3-8,14H,9-12H2,1-2H3,(H,20,23)(H,21,24)/t14-/m1/s1. The van der Waals surface area contributed by atoms with Crippen molar-refractivity contribution in [3.63, 3.8) is 0 Å². The smallest absolute Gasteiger partial charge is 0.260 e. The molecule has 1 amide bonds. The van der Waals surface area contributed by atoms with E-state index in [1.807, 2.05) is 19.1 Å². The fraction of sp³-hybridized carbons (Fsp3) is 0.368. The Morgan fingerprint density at radius 2 is 1.84 bits per heavy atom. The van der Waals surface area contributed by atoms with E-state index < -0.39 is 0 Å². The van der Waals surface area contributed by atoms with Gasteiger partial charge in [-0.3, -0.25) is 9.59 Å². The van der Waals surface area contributed by atoms with Gasteiger partial charge in [-0.25, -0.2) is 0 Å². The number of ether oxygens (including phenoxy) is 1. The van der Waals surface area contributed by atoms with Gasteiger partial charge in [-0.2, -0.15) is 0 Å². The Bertz CT molecular complexity index is 792. The molecule has 3 rings (SSSR count). The lowest BCUT2D eigenvalue weighted by Gasteiger charge is -2.29. The second kappa shape index (κ2) is 7.53. The molecule has 1 aliphatic heterocycles. The lowest BCUT2D eigenvalue weighted by Crippen LogP contribution is -2.36. The van der Waals surface area contributed by atoms with Gasteiger partial charge in [0.05, 0.1) is 19.3 Å². The number of pyridine rings is 1. The van der Waals surface area contributed by atoms with Crippen molar-refractivity contribution in [2.75, 3.05) is 31.2 Å². The summed E-state index contributed by atoms with van der Waals surface area (Å²) in [6.07, 6.45) is 0. The maximum Gasteiger partial charge on any atom is 0.260 e. The van der Waals surface area contributed by atoms with Crippen LogP contribution in [-0.2, 0) is 4.74 Å². The summed E-state index contributed by atoms with van der Waals surface area (Å²) in [4.78, 5) is 29.1. The Balaban J connectivity index is 1.67. The molecule has 1 aromatic carbocycles. The third kappa shape index (κ3) is 4.09. The molecule has 0 spiro atoms. The van der Waals surface area contributed by atoms with Crippen LogP contribution >= 0.6 is 0 Å². The molecule has 1 saturated heterocycles. The zero-order valence-electron chi connectivity index (χ0n) is 14.5. The second-order valence-electron chi connectivity index (χ2n) is 6.27. The highest BCUT2D eigenvalue weighted by molar-refractivity contribution is 5.94. The topological polar surface area (TPSA) is 74.4 Å². The van der Waals surface area contributed by atoms with Crippen molar-refractivity contribution in [1.29, 1.82) is 0 Å². The molecule has 0 unspecified atom stereocenters. The van der Waals surface area contributed by atoms with Crippen LogP contribution in [0.4, 0.5) is 5.69 Å². The van der Waals surface area contributed by atoms with Crippen LogP contribution in [0, 0.1) is 6.92 Å². The number of carbonyl (C=O) groups excluding carboxylic acids is 1. The minimum atomic E-state index is -0.369. The fourth-order valence-electron chi connectivity index (χ4n) is 2.90. The van der Waals surface area contributed by atoms with Crippen LogP contribution in [0.5, 0.6) is 0 Å². The molecule has 6 heteroatoms. The lowest BCUT2D eigenvalue weighted by molar-refractivity contribution is 0.0938. The highest BCUT2D eigenvalue weighted by Crippen LogP contribution is 2.20. The maximum atomic E-state index is 12.3. The molecule has 0 radical (unpaired) electrons. The van der Waals surface area contributed by atoms with Crippen molar-refractivity contribution in [2.24, 2.45) is 0 Å². The first-order valence-corrected chi connectivity index (χ1v) is 8.48.